The Morgan fingerprint density at radius 3 is 2.23 bits per heavy atom. The fraction of sp³-hybridized carbons (Fsp3) is 0.571. The lowest BCUT2D eigenvalue weighted by Crippen LogP contribution is -2.55. The molecule has 3 amide bonds. The molecule has 7 nitrogen and oxygen atoms in total. The van der Waals surface area contributed by atoms with Crippen LogP contribution in [0.5, 0.6) is 0 Å². The number of hydrogen-bond donors (Lipinski definition) is 2. The van der Waals surface area contributed by atoms with E-state index in [4.69, 9.17) is 0 Å². The number of thiol groups is 1. The van der Waals surface area contributed by atoms with Crippen molar-refractivity contribution in [2.75, 3.05) is 5.75 Å². The molecule has 4 atom stereocenters. The van der Waals surface area contributed by atoms with Crippen LogP contribution < -0.4 is 10.4 Å². The Balaban J connectivity index is 2.10. The van der Waals surface area contributed by atoms with Crippen molar-refractivity contribution in [1.29, 1.82) is 0 Å². The first-order chi connectivity index (χ1) is 10.4. The largest absolute Gasteiger partial charge is 0.548 e. The number of carboxylic acids is 1. The molecule has 0 bridgehead atoms. The molecule has 1 fully saturated rings. The van der Waals surface area contributed by atoms with Gasteiger partial charge in [-0.1, -0.05) is 12.2 Å². The third-order valence-electron chi connectivity index (χ3n) is 4.09. The van der Waals surface area contributed by atoms with Crippen molar-refractivity contribution in [3.05, 3.63) is 12.2 Å². The molecule has 1 aliphatic heterocycles. The molecule has 0 aromatic carbocycles. The first kappa shape index (κ1) is 16.5. The van der Waals surface area contributed by atoms with E-state index in [1.807, 2.05) is 12.2 Å². The molecule has 8 heteroatoms. The van der Waals surface area contributed by atoms with Crippen LogP contribution in [0.2, 0.25) is 0 Å². The van der Waals surface area contributed by atoms with Gasteiger partial charge >= 0.3 is 0 Å². The minimum absolute atomic E-state index is 0.141. The summed E-state index contributed by atoms with van der Waals surface area (Å²) in [6, 6.07) is -2.33. The van der Waals surface area contributed by atoms with E-state index in [-0.39, 0.29) is 17.6 Å². The summed E-state index contributed by atoms with van der Waals surface area (Å²) < 4.78 is 0. The second-order valence-electron chi connectivity index (χ2n) is 5.44. The van der Waals surface area contributed by atoms with E-state index in [0.29, 0.717) is 12.8 Å². The van der Waals surface area contributed by atoms with Crippen LogP contribution in [0.15, 0.2) is 12.2 Å². The fourth-order valence-electron chi connectivity index (χ4n) is 2.80. The first-order valence-electron chi connectivity index (χ1n) is 7.02. The number of aliphatic carboxylic acids is 1. The highest BCUT2D eigenvalue weighted by Gasteiger charge is 2.50. The molecule has 0 unspecified atom stereocenters. The molecule has 1 N–H and O–H groups in total. The second-order valence-corrected chi connectivity index (χ2v) is 5.81. The number of likely N-dealkylation sites (tertiary alicyclic amines) is 1. The standard InChI is InChI=1S/C14H18N2O5S/c1-7(11(17)15-10(6-22)14(20)21)16-12(18)8-4-2-3-5-9(8)13(16)19/h2-3,7-10,22H,4-6H2,1H3,(H,15,17)(H,20,21)/p-1/t7-,8+,9+,10-/m0/s1. The van der Waals surface area contributed by atoms with Gasteiger partial charge in [0, 0.05) is 5.75 Å². The molecule has 1 heterocycles. The summed E-state index contributed by atoms with van der Waals surface area (Å²) in [4.78, 5) is 48.5. The van der Waals surface area contributed by atoms with Gasteiger partial charge in [0.05, 0.1) is 23.8 Å². The summed E-state index contributed by atoms with van der Waals surface area (Å²) in [6.45, 7) is 1.40. The zero-order valence-electron chi connectivity index (χ0n) is 12.0. The van der Waals surface area contributed by atoms with Crippen molar-refractivity contribution in [3.63, 3.8) is 0 Å². The molecule has 0 radical (unpaired) electrons. The Kier molecular flexibility index (Phi) is 4.90. The number of imide groups is 1. The number of fused-ring (bicyclic) bond motifs is 1. The highest BCUT2D eigenvalue weighted by atomic mass is 32.1. The summed E-state index contributed by atoms with van der Waals surface area (Å²) in [7, 11) is 0. The summed E-state index contributed by atoms with van der Waals surface area (Å²) in [5.41, 5.74) is 0. The summed E-state index contributed by atoms with van der Waals surface area (Å²) >= 11 is 3.82. The Morgan fingerprint density at radius 2 is 1.82 bits per heavy atom. The van der Waals surface area contributed by atoms with Gasteiger partial charge in [0.15, 0.2) is 0 Å². The Morgan fingerprint density at radius 1 is 1.32 bits per heavy atom. The predicted molar refractivity (Wildman–Crippen MR) is 77.5 cm³/mol. The van der Waals surface area contributed by atoms with Gasteiger partial charge in [0.1, 0.15) is 6.04 Å². The van der Waals surface area contributed by atoms with Gasteiger partial charge in [0.2, 0.25) is 17.7 Å². The molecule has 0 spiro atoms. The number of nitrogens with zero attached hydrogens (tertiary/aromatic N) is 1. The molecule has 22 heavy (non-hydrogen) atoms. The van der Waals surface area contributed by atoms with E-state index in [1.165, 1.54) is 6.92 Å². The zero-order valence-corrected chi connectivity index (χ0v) is 12.9. The highest BCUT2D eigenvalue weighted by molar-refractivity contribution is 7.80. The van der Waals surface area contributed by atoms with E-state index in [1.54, 1.807) is 0 Å². The van der Waals surface area contributed by atoms with Gasteiger partial charge in [-0.15, -0.1) is 0 Å². The fourth-order valence-corrected chi connectivity index (χ4v) is 3.04. The van der Waals surface area contributed by atoms with Crippen LogP contribution >= 0.6 is 12.6 Å². The number of hydrogen-bond acceptors (Lipinski definition) is 6. The van der Waals surface area contributed by atoms with Crippen LogP contribution in [-0.2, 0) is 19.2 Å². The SMILES string of the molecule is C[C@@H](C(=O)N[C@@H](CS)C(=O)[O-])N1C(=O)[C@@H]2CC=CC[C@H]2C1=O. The van der Waals surface area contributed by atoms with Gasteiger partial charge in [-0.25, -0.2) is 0 Å². The predicted octanol–water partition coefficient (Wildman–Crippen LogP) is -1.51. The summed E-state index contributed by atoms with van der Waals surface area (Å²) in [5.74, 6) is -3.92. The Labute approximate surface area is 133 Å². The lowest BCUT2D eigenvalue weighted by Gasteiger charge is -2.25. The molecule has 2 aliphatic rings. The number of nitrogens with one attached hydrogen (secondary N) is 1. The first-order valence-corrected chi connectivity index (χ1v) is 7.65. The van der Waals surface area contributed by atoms with Crippen LogP contribution in [0.25, 0.3) is 0 Å². The molecule has 2 rings (SSSR count). The third kappa shape index (κ3) is 2.87. The van der Waals surface area contributed by atoms with Crippen LogP contribution in [-0.4, -0.2) is 46.4 Å². The highest BCUT2D eigenvalue weighted by Crippen LogP contribution is 2.36. The molecule has 0 aromatic heterocycles. The van der Waals surface area contributed by atoms with E-state index in [2.05, 4.69) is 17.9 Å². The Hall–Kier alpha value is -1.83. The van der Waals surface area contributed by atoms with Gasteiger partial charge in [-0.2, -0.15) is 12.6 Å². The van der Waals surface area contributed by atoms with Crippen LogP contribution in [0.3, 0.4) is 0 Å². The number of rotatable bonds is 5. The maximum Gasteiger partial charge on any atom is 0.243 e. The topological polar surface area (TPSA) is 107 Å². The van der Waals surface area contributed by atoms with Crippen LogP contribution in [0, 0.1) is 11.8 Å². The van der Waals surface area contributed by atoms with Crippen molar-refractivity contribution in [3.8, 4) is 0 Å². The number of carboxylic acid groups (broad SMARTS) is 1. The number of carbonyl (C=O) groups is 4. The quantitative estimate of drug-likeness (QED) is 0.363. The van der Waals surface area contributed by atoms with E-state index >= 15 is 0 Å². The minimum atomic E-state index is -1.47. The van der Waals surface area contributed by atoms with Gasteiger partial charge in [0.25, 0.3) is 0 Å². The average molecular weight is 325 g/mol. The van der Waals surface area contributed by atoms with Gasteiger partial charge in [-0.3, -0.25) is 19.3 Å². The van der Waals surface area contributed by atoms with Crippen molar-refractivity contribution < 1.29 is 24.3 Å². The molecule has 0 aromatic rings. The molecule has 0 saturated carbocycles. The number of allylic oxidation sites excluding steroid dienone is 2. The minimum Gasteiger partial charge on any atom is -0.548 e. The van der Waals surface area contributed by atoms with Gasteiger partial charge in [-0.05, 0) is 19.8 Å². The number of carbonyl (C=O) groups excluding carboxylic acids is 4. The molecule has 120 valence electrons. The van der Waals surface area contributed by atoms with E-state index < -0.39 is 35.8 Å². The monoisotopic (exact) mass is 325 g/mol. The lowest BCUT2D eigenvalue weighted by atomic mass is 9.85. The maximum absolute atomic E-state index is 12.3. The zero-order chi connectivity index (χ0) is 16.4. The molecule has 1 saturated heterocycles. The molecule has 1 aliphatic carbocycles. The average Bonchev–Trinajstić information content (AvgIpc) is 2.75. The molecular formula is C14H17N2O5S-. The lowest BCUT2D eigenvalue weighted by molar-refractivity contribution is -0.307. The van der Waals surface area contributed by atoms with Crippen molar-refractivity contribution in [2.24, 2.45) is 11.8 Å². The van der Waals surface area contributed by atoms with E-state index in [9.17, 15) is 24.3 Å². The van der Waals surface area contributed by atoms with Crippen molar-refractivity contribution >= 4 is 36.3 Å². The van der Waals surface area contributed by atoms with Crippen LogP contribution in [0.1, 0.15) is 19.8 Å². The van der Waals surface area contributed by atoms with Gasteiger partial charge < -0.3 is 15.2 Å². The second kappa shape index (κ2) is 6.51. The normalized spacial score (nSPS) is 26.5. The van der Waals surface area contributed by atoms with Crippen molar-refractivity contribution in [2.45, 2.75) is 31.8 Å². The molecular weight excluding hydrogens is 308 g/mol. The third-order valence-corrected chi connectivity index (χ3v) is 4.46. The van der Waals surface area contributed by atoms with E-state index in [0.717, 1.165) is 4.90 Å². The summed E-state index contributed by atoms with van der Waals surface area (Å²) in [6.07, 6.45) is 4.68. The van der Waals surface area contributed by atoms with Crippen molar-refractivity contribution in [1.82, 2.24) is 10.2 Å². The number of amides is 3. The summed E-state index contributed by atoms with van der Waals surface area (Å²) in [5, 5.41) is 13.0. The Bertz CT molecular complexity index is 521. The van der Waals surface area contributed by atoms with Crippen LogP contribution in [0.4, 0.5) is 0 Å². The smallest absolute Gasteiger partial charge is 0.243 e. The maximum atomic E-state index is 12.3.